The van der Waals surface area contributed by atoms with Crippen LogP contribution in [0.1, 0.15) is 46.5 Å². The summed E-state index contributed by atoms with van der Waals surface area (Å²) >= 11 is 0. The van der Waals surface area contributed by atoms with E-state index in [9.17, 15) is 9.59 Å². The number of hydrogen-bond acceptors (Lipinski definition) is 4. The second-order valence-corrected chi connectivity index (χ2v) is 4.57. The number of unbranched alkanes of at least 4 members (excludes halogenated alkanes) is 1. The van der Waals surface area contributed by atoms with Crippen molar-refractivity contribution >= 4 is 11.9 Å². The minimum absolute atomic E-state index is 0.0620. The molecule has 0 amide bonds. The molecule has 0 heterocycles. The number of carboxylic acid groups (broad SMARTS) is 1. The summed E-state index contributed by atoms with van der Waals surface area (Å²) in [5.41, 5.74) is -0.712. The Bertz CT molecular complexity index is 317. The number of ether oxygens (including phenoxy) is 1. The van der Waals surface area contributed by atoms with Crippen molar-refractivity contribution in [3.05, 3.63) is 0 Å². The third kappa shape index (κ3) is 6.56. The smallest absolute Gasteiger partial charge is 0.306 e. The van der Waals surface area contributed by atoms with E-state index in [0.29, 0.717) is 12.8 Å². The molecule has 17 heavy (non-hydrogen) atoms. The molecule has 0 radical (unpaired) electrons. The molecule has 5 nitrogen and oxygen atoms in total. The van der Waals surface area contributed by atoms with E-state index in [-0.39, 0.29) is 18.8 Å². The molecule has 5 heteroatoms. The highest BCUT2D eigenvalue weighted by molar-refractivity contribution is 5.70. The second-order valence-electron chi connectivity index (χ2n) is 4.57. The van der Waals surface area contributed by atoms with E-state index in [4.69, 9.17) is 15.1 Å². The number of carboxylic acids is 1. The number of carbonyl (C=O) groups excluding carboxylic acids is 1. The maximum atomic E-state index is 11.4. The summed E-state index contributed by atoms with van der Waals surface area (Å²) in [6.45, 7) is 5.09. The Balaban J connectivity index is 3.88. The predicted octanol–water partition coefficient (Wildman–Crippen LogP) is 2.11. The molecule has 0 saturated carbocycles. The standard InChI is InChI=1S/C12H19NO4/c1-9(12(2,3)8-13)17-11(16)7-5-4-6-10(14)15/h9H,4-7H2,1-3H3,(H,14,15). The summed E-state index contributed by atoms with van der Waals surface area (Å²) in [4.78, 5) is 21.6. The molecule has 0 aliphatic heterocycles. The molecule has 0 aromatic carbocycles. The molecule has 0 aromatic heterocycles. The maximum Gasteiger partial charge on any atom is 0.306 e. The first-order valence-corrected chi connectivity index (χ1v) is 5.62. The first-order valence-electron chi connectivity index (χ1n) is 5.62. The summed E-state index contributed by atoms with van der Waals surface area (Å²) in [6.07, 6.45) is 0.733. The monoisotopic (exact) mass is 241 g/mol. The van der Waals surface area contributed by atoms with Gasteiger partial charge in [-0.25, -0.2) is 0 Å². The Morgan fingerprint density at radius 3 is 2.35 bits per heavy atom. The summed E-state index contributed by atoms with van der Waals surface area (Å²) in [7, 11) is 0. The van der Waals surface area contributed by atoms with Gasteiger partial charge in [-0.2, -0.15) is 5.26 Å². The van der Waals surface area contributed by atoms with E-state index in [1.165, 1.54) is 0 Å². The fraction of sp³-hybridized carbons (Fsp3) is 0.750. The molecule has 0 bridgehead atoms. The zero-order valence-electron chi connectivity index (χ0n) is 10.5. The fourth-order valence-electron chi connectivity index (χ4n) is 1.04. The van der Waals surface area contributed by atoms with Gasteiger partial charge in [-0.1, -0.05) is 0 Å². The van der Waals surface area contributed by atoms with Gasteiger partial charge in [0.25, 0.3) is 0 Å². The van der Waals surface area contributed by atoms with Gasteiger partial charge in [-0.15, -0.1) is 0 Å². The van der Waals surface area contributed by atoms with Gasteiger partial charge in [0.15, 0.2) is 0 Å². The number of nitriles is 1. The number of nitrogens with zero attached hydrogens (tertiary/aromatic N) is 1. The highest BCUT2D eigenvalue weighted by Crippen LogP contribution is 2.22. The zero-order chi connectivity index (χ0) is 13.5. The first kappa shape index (κ1) is 15.4. The number of carbonyl (C=O) groups is 2. The number of esters is 1. The van der Waals surface area contributed by atoms with E-state index >= 15 is 0 Å². The van der Waals surface area contributed by atoms with Crippen LogP contribution in [0.5, 0.6) is 0 Å². The largest absolute Gasteiger partial charge is 0.481 e. The number of rotatable bonds is 7. The quantitative estimate of drug-likeness (QED) is 0.544. The molecule has 0 aliphatic carbocycles. The molecule has 0 spiro atoms. The molecular weight excluding hydrogens is 222 g/mol. The Kier molecular flexibility index (Phi) is 6.26. The topological polar surface area (TPSA) is 87.4 Å². The Labute approximate surface area is 101 Å². The van der Waals surface area contributed by atoms with Crippen LogP contribution in [0.2, 0.25) is 0 Å². The first-order chi connectivity index (χ1) is 7.79. The van der Waals surface area contributed by atoms with Crippen molar-refractivity contribution in [3.8, 4) is 6.07 Å². The average Bonchev–Trinajstić information content (AvgIpc) is 2.24. The normalized spacial score (nSPS) is 12.6. The van der Waals surface area contributed by atoms with Crippen LogP contribution < -0.4 is 0 Å². The van der Waals surface area contributed by atoms with Gasteiger partial charge in [-0.3, -0.25) is 9.59 Å². The fourth-order valence-corrected chi connectivity index (χ4v) is 1.04. The van der Waals surface area contributed by atoms with Crippen LogP contribution in [0, 0.1) is 16.7 Å². The van der Waals surface area contributed by atoms with Crippen LogP contribution in [0.3, 0.4) is 0 Å². The second kappa shape index (κ2) is 6.89. The van der Waals surface area contributed by atoms with Gasteiger partial charge in [0.05, 0.1) is 11.5 Å². The van der Waals surface area contributed by atoms with Crippen molar-refractivity contribution in [2.75, 3.05) is 0 Å². The lowest BCUT2D eigenvalue weighted by Crippen LogP contribution is -2.30. The van der Waals surface area contributed by atoms with Crippen molar-refractivity contribution in [3.63, 3.8) is 0 Å². The van der Waals surface area contributed by atoms with Gasteiger partial charge in [-0.05, 0) is 33.6 Å². The molecule has 1 atom stereocenters. The minimum atomic E-state index is -0.864. The SMILES string of the molecule is CC(OC(=O)CCCCC(=O)O)C(C)(C)C#N. The zero-order valence-corrected chi connectivity index (χ0v) is 10.5. The summed E-state index contributed by atoms with van der Waals surface area (Å²) in [6, 6.07) is 2.07. The molecule has 0 aromatic rings. The molecule has 96 valence electrons. The van der Waals surface area contributed by atoms with Gasteiger partial charge in [0, 0.05) is 12.8 Å². The summed E-state index contributed by atoms with van der Waals surface area (Å²) < 4.78 is 5.10. The lowest BCUT2D eigenvalue weighted by Gasteiger charge is -2.24. The van der Waals surface area contributed by atoms with Gasteiger partial charge >= 0.3 is 11.9 Å². The highest BCUT2D eigenvalue weighted by atomic mass is 16.5. The maximum absolute atomic E-state index is 11.4. The predicted molar refractivity (Wildman–Crippen MR) is 61.1 cm³/mol. The van der Waals surface area contributed by atoms with E-state index < -0.39 is 17.5 Å². The molecule has 0 saturated heterocycles. The number of hydrogen-bond donors (Lipinski definition) is 1. The van der Waals surface area contributed by atoms with Gasteiger partial charge in [0.2, 0.25) is 0 Å². The van der Waals surface area contributed by atoms with Crippen molar-refractivity contribution in [1.82, 2.24) is 0 Å². The van der Waals surface area contributed by atoms with Crippen molar-refractivity contribution in [2.24, 2.45) is 5.41 Å². The van der Waals surface area contributed by atoms with Gasteiger partial charge in [0.1, 0.15) is 6.10 Å². The van der Waals surface area contributed by atoms with Crippen LogP contribution >= 0.6 is 0 Å². The lowest BCUT2D eigenvalue weighted by molar-refractivity contribution is -0.152. The van der Waals surface area contributed by atoms with Crippen LogP contribution in [0.15, 0.2) is 0 Å². The van der Waals surface area contributed by atoms with E-state index in [2.05, 4.69) is 6.07 Å². The van der Waals surface area contributed by atoms with Crippen LogP contribution in [0.25, 0.3) is 0 Å². The van der Waals surface area contributed by atoms with Crippen molar-refractivity contribution < 1.29 is 19.4 Å². The van der Waals surface area contributed by atoms with Crippen LogP contribution in [-0.2, 0) is 14.3 Å². The molecule has 0 rings (SSSR count). The van der Waals surface area contributed by atoms with Crippen molar-refractivity contribution in [1.29, 1.82) is 5.26 Å². The lowest BCUT2D eigenvalue weighted by atomic mass is 9.89. The van der Waals surface area contributed by atoms with Crippen molar-refractivity contribution in [2.45, 2.75) is 52.6 Å². The summed E-state index contributed by atoms with van der Waals surface area (Å²) in [5, 5.41) is 17.3. The van der Waals surface area contributed by atoms with E-state index in [1.54, 1.807) is 20.8 Å². The Hall–Kier alpha value is -1.57. The molecule has 0 fully saturated rings. The Morgan fingerprint density at radius 2 is 1.88 bits per heavy atom. The number of aliphatic carboxylic acids is 1. The third-order valence-corrected chi connectivity index (χ3v) is 2.63. The van der Waals surface area contributed by atoms with Gasteiger partial charge < -0.3 is 9.84 Å². The molecular formula is C12H19NO4. The molecule has 0 aliphatic rings. The molecule has 1 unspecified atom stereocenters. The average molecular weight is 241 g/mol. The van der Waals surface area contributed by atoms with Crippen LogP contribution in [0.4, 0.5) is 0 Å². The minimum Gasteiger partial charge on any atom is -0.481 e. The summed E-state index contributed by atoms with van der Waals surface area (Å²) in [5.74, 6) is -1.25. The highest BCUT2D eigenvalue weighted by Gasteiger charge is 2.28. The van der Waals surface area contributed by atoms with E-state index in [0.717, 1.165) is 0 Å². The third-order valence-electron chi connectivity index (χ3n) is 2.63. The Morgan fingerprint density at radius 1 is 1.35 bits per heavy atom. The van der Waals surface area contributed by atoms with E-state index in [1.807, 2.05) is 0 Å². The molecule has 1 N–H and O–H groups in total. The van der Waals surface area contributed by atoms with Crippen LogP contribution in [-0.4, -0.2) is 23.1 Å².